The molecule has 0 spiro atoms. The summed E-state index contributed by atoms with van der Waals surface area (Å²) in [5.74, 6) is 2.25. The molecule has 0 atom stereocenters. The molecule has 2 amide bonds. The number of nitrogens with one attached hydrogen (secondary N) is 3. The summed E-state index contributed by atoms with van der Waals surface area (Å²) in [7, 11) is 0. The van der Waals surface area contributed by atoms with Crippen molar-refractivity contribution in [3.8, 4) is 5.82 Å². The lowest BCUT2D eigenvalue weighted by atomic mass is 10.1. The molecule has 3 aromatic heterocycles. The van der Waals surface area contributed by atoms with Crippen LogP contribution >= 0.6 is 0 Å². The predicted molar refractivity (Wildman–Crippen MR) is 149 cm³/mol. The van der Waals surface area contributed by atoms with Crippen LogP contribution in [0.4, 0.5) is 5.82 Å². The van der Waals surface area contributed by atoms with Crippen molar-refractivity contribution in [2.75, 3.05) is 25.0 Å². The number of aromatic amines is 1. The van der Waals surface area contributed by atoms with Gasteiger partial charge in [0.15, 0.2) is 5.82 Å². The van der Waals surface area contributed by atoms with Gasteiger partial charge in [-0.15, -0.1) is 10.2 Å². The van der Waals surface area contributed by atoms with E-state index in [1.807, 2.05) is 76.3 Å². The van der Waals surface area contributed by atoms with Gasteiger partial charge in [-0.3, -0.25) is 14.2 Å². The van der Waals surface area contributed by atoms with E-state index < -0.39 is 0 Å². The first-order valence-electron chi connectivity index (χ1n) is 13.3. The van der Waals surface area contributed by atoms with Crippen LogP contribution in [0.3, 0.4) is 0 Å². The van der Waals surface area contributed by atoms with Crippen LogP contribution in [0.5, 0.6) is 0 Å². The van der Waals surface area contributed by atoms with Gasteiger partial charge in [0.2, 0.25) is 11.8 Å². The molecule has 1 aliphatic rings. The van der Waals surface area contributed by atoms with E-state index in [0.717, 1.165) is 65.8 Å². The predicted octanol–water partition coefficient (Wildman–Crippen LogP) is 3.58. The summed E-state index contributed by atoms with van der Waals surface area (Å²) in [4.78, 5) is 34.3. The Hall–Kier alpha value is -4.73. The van der Waals surface area contributed by atoms with Crippen molar-refractivity contribution in [1.29, 1.82) is 0 Å². The average molecular weight is 523 g/mol. The molecule has 0 saturated carbocycles. The number of anilines is 1. The molecule has 198 valence electrons. The Balaban J connectivity index is 1.09. The summed E-state index contributed by atoms with van der Waals surface area (Å²) in [5.41, 5.74) is 3.70. The number of H-pyrrole nitrogens is 1. The Morgan fingerprint density at radius 3 is 2.72 bits per heavy atom. The van der Waals surface area contributed by atoms with E-state index in [9.17, 15) is 9.59 Å². The quantitative estimate of drug-likeness (QED) is 0.241. The van der Waals surface area contributed by atoms with E-state index in [4.69, 9.17) is 0 Å². The van der Waals surface area contributed by atoms with E-state index in [-0.39, 0.29) is 18.2 Å². The van der Waals surface area contributed by atoms with Crippen LogP contribution in [0.1, 0.15) is 30.7 Å². The van der Waals surface area contributed by atoms with Gasteiger partial charge in [0.25, 0.3) is 0 Å². The summed E-state index contributed by atoms with van der Waals surface area (Å²) in [6.07, 6.45) is 4.68. The van der Waals surface area contributed by atoms with Crippen LogP contribution < -0.4 is 10.6 Å². The number of amides is 2. The third-order valence-corrected chi connectivity index (χ3v) is 7.02. The molecular formula is C29H30N8O2. The van der Waals surface area contributed by atoms with Crippen LogP contribution in [0.2, 0.25) is 0 Å². The van der Waals surface area contributed by atoms with Crippen molar-refractivity contribution in [2.24, 2.45) is 0 Å². The Bertz CT molecular complexity index is 1590. The van der Waals surface area contributed by atoms with Crippen LogP contribution in [0.15, 0.2) is 66.9 Å². The number of nitrogens with zero attached hydrogens (tertiary/aromatic N) is 5. The molecule has 39 heavy (non-hydrogen) atoms. The first-order chi connectivity index (χ1) is 19.1. The summed E-state index contributed by atoms with van der Waals surface area (Å²) in [6, 6.07) is 19.6. The largest absolute Gasteiger partial charge is 0.369 e. The van der Waals surface area contributed by atoms with E-state index in [2.05, 4.69) is 30.8 Å². The Morgan fingerprint density at radius 2 is 1.90 bits per heavy atom. The number of carbonyl (C=O) groups excluding carboxylic acids is 2. The molecule has 6 rings (SSSR count). The van der Waals surface area contributed by atoms with Gasteiger partial charge in [0, 0.05) is 37.6 Å². The van der Waals surface area contributed by atoms with E-state index in [1.165, 1.54) is 0 Å². The number of rotatable bonds is 10. The Kier molecular flexibility index (Phi) is 6.90. The standard InChI is InChI=1S/C29H30N8O2/c38-28(31-18-26-32-22-8-2-3-9-23(22)33-26)17-20-19-37(24-10-4-1-7-21(20)24)27-13-12-25(34-35-27)30-14-6-16-36-15-5-11-29(36)39/h1-4,7-10,12-13,19H,5-6,11,14-18H2,(H,30,34)(H,31,38)(H,32,33). The third-order valence-electron chi connectivity index (χ3n) is 7.02. The molecule has 0 bridgehead atoms. The normalized spacial score (nSPS) is 13.4. The Labute approximate surface area is 225 Å². The van der Waals surface area contributed by atoms with Gasteiger partial charge in [-0.25, -0.2) is 4.98 Å². The van der Waals surface area contributed by atoms with Crippen LogP contribution in [-0.2, 0) is 22.6 Å². The zero-order valence-electron chi connectivity index (χ0n) is 21.6. The lowest BCUT2D eigenvalue weighted by Gasteiger charge is -2.15. The number of para-hydroxylation sites is 3. The smallest absolute Gasteiger partial charge is 0.224 e. The fourth-order valence-corrected chi connectivity index (χ4v) is 5.06. The number of carbonyl (C=O) groups is 2. The highest BCUT2D eigenvalue weighted by atomic mass is 16.2. The molecule has 1 fully saturated rings. The number of aromatic nitrogens is 5. The first-order valence-corrected chi connectivity index (χ1v) is 13.3. The average Bonchev–Trinajstić information content (AvgIpc) is 3.67. The van der Waals surface area contributed by atoms with E-state index >= 15 is 0 Å². The monoisotopic (exact) mass is 522 g/mol. The van der Waals surface area contributed by atoms with Gasteiger partial charge in [-0.05, 0) is 48.7 Å². The van der Waals surface area contributed by atoms with Crippen molar-refractivity contribution < 1.29 is 9.59 Å². The van der Waals surface area contributed by atoms with Crippen LogP contribution in [-0.4, -0.2) is 61.1 Å². The lowest BCUT2D eigenvalue weighted by molar-refractivity contribution is -0.127. The van der Waals surface area contributed by atoms with Gasteiger partial charge in [-0.2, -0.15) is 0 Å². The van der Waals surface area contributed by atoms with Gasteiger partial charge < -0.3 is 20.5 Å². The summed E-state index contributed by atoms with van der Waals surface area (Å²) in [5, 5.41) is 16.0. The van der Waals surface area contributed by atoms with Gasteiger partial charge >= 0.3 is 0 Å². The molecule has 1 saturated heterocycles. The second kappa shape index (κ2) is 10.9. The second-order valence-corrected chi connectivity index (χ2v) is 9.74. The van der Waals surface area contributed by atoms with Gasteiger partial charge in [-0.1, -0.05) is 30.3 Å². The number of imidazole rings is 1. The van der Waals surface area contributed by atoms with Gasteiger partial charge in [0.1, 0.15) is 11.6 Å². The summed E-state index contributed by atoms with van der Waals surface area (Å²) in [6.45, 7) is 2.68. The molecule has 0 unspecified atom stereocenters. The molecule has 0 radical (unpaired) electrons. The minimum absolute atomic E-state index is 0.0837. The molecule has 3 N–H and O–H groups in total. The SMILES string of the molecule is O=C(Cc1cn(-c2ccc(NCCCN3CCCC3=O)nn2)c2ccccc12)NCc1nc2ccccc2[nH]1. The van der Waals surface area contributed by atoms with Crippen molar-refractivity contribution in [3.63, 3.8) is 0 Å². The minimum atomic E-state index is -0.0837. The fourth-order valence-electron chi connectivity index (χ4n) is 5.06. The molecule has 1 aliphatic heterocycles. The fraction of sp³-hybridized carbons (Fsp3) is 0.276. The maximum atomic E-state index is 12.8. The molecule has 2 aromatic carbocycles. The van der Waals surface area contributed by atoms with Gasteiger partial charge in [0.05, 0.1) is 29.5 Å². The Morgan fingerprint density at radius 1 is 1.03 bits per heavy atom. The number of fused-ring (bicyclic) bond motifs is 2. The molecule has 10 nitrogen and oxygen atoms in total. The topological polar surface area (TPSA) is 121 Å². The summed E-state index contributed by atoms with van der Waals surface area (Å²) < 4.78 is 1.97. The number of hydrogen-bond donors (Lipinski definition) is 3. The van der Waals surface area contributed by atoms with Crippen molar-refractivity contribution in [3.05, 3.63) is 78.2 Å². The molecule has 10 heteroatoms. The van der Waals surface area contributed by atoms with Crippen molar-refractivity contribution in [2.45, 2.75) is 32.2 Å². The van der Waals surface area contributed by atoms with Crippen molar-refractivity contribution >= 4 is 39.6 Å². The minimum Gasteiger partial charge on any atom is -0.369 e. The number of likely N-dealkylation sites (tertiary alicyclic amines) is 1. The third kappa shape index (κ3) is 5.45. The highest BCUT2D eigenvalue weighted by molar-refractivity contribution is 5.90. The van der Waals surface area contributed by atoms with Crippen molar-refractivity contribution in [1.82, 2.24) is 34.9 Å². The lowest BCUT2D eigenvalue weighted by Crippen LogP contribution is -2.27. The molecule has 4 heterocycles. The van der Waals surface area contributed by atoms with Crippen LogP contribution in [0, 0.1) is 0 Å². The number of hydrogen-bond acceptors (Lipinski definition) is 6. The zero-order valence-corrected chi connectivity index (χ0v) is 21.6. The highest BCUT2D eigenvalue weighted by Gasteiger charge is 2.19. The summed E-state index contributed by atoms with van der Waals surface area (Å²) >= 11 is 0. The first kappa shape index (κ1) is 24.6. The highest BCUT2D eigenvalue weighted by Crippen LogP contribution is 2.25. The second-order valence-electron chi connectivity index (χ2n) is 9.74. The molecule has 5 aromatic rings. The maximum Gasteiger partial charge on any atom is 0.224 e. The zero-order chi connectivity index (χ0) is 26.6. The molecular weight excluding hydrogens is 492 g/mol. The van der Waals surface area contributed by atoms with E-state index in [1.54, 1.807) is 0 Å². The molecule has 0 aliphatic carbocycles. The number of benzene rings is 2. The maximum absolute atomic E-state index is 12.8. The van der Waals surface area contributed by atoms with Crippen LogP contribution in [0.25, 0.3) is 27.8 Å². The van der Waals surface area contributed by atoms with E-state index in [0.29, 0.717) is 24.6 Å².